The van der Waals surface area contributed by atoms with Crippen molar-refractivity contribution in [3.05, 3.63) is 29.8 Å². The van der Waals surface area contributed by atoms with E-state index in [9.17, 15) is 13.2 Å². The second-order valence-electron chi connectivity index (χ2n) is 4.62. The Balaban J connectivity index is 2.40. The SMILES string of the molecule is N#Cc1ccccc1S(=O)(=O)N1CCCC1CC(=O)O. The summed E-state index contributed by atoms with van der Waals surface area (Å²) in [6.07, 6.45) is 0.945. The molecule has 1 atom stereocenters. The van der Waals surface area contributed by atoms with Crippen LogP contribution in [-0.2, 0) is 14.8 Å². The normalized spacial score (nSPS) is 19.6. The molecule has 1 saturated heterocycles. The number of carboxylic acids is 1. The lowest BCUT2D eigenvalue weighted by Gasteiger charge is -2.23. The van der Waals surface area contributed by atoms with Gasteiger partial charge in [0.2, 0.25) is 10.0 Å². The van der Waals surface area contributed by atoms with Gasteiger partial charge in [-0.2, -0.15) is 9.57 Å². The summed E-state index contributed by atoms with van der Waals surface area (Å²) in [5.74, 6) is -1.02. The number of sulfonamides is 1. The highest BCUT2D eigenvalue weighted by atomic mass is 32.2. The Hall–Kier alpha value is -1.91. The number of benzene rings is 1. The first-order valence-electron chi connectivity index (χ1n) is 6.19. The molecule has 0 aliphatic carbocycles. The second-order valence-corrected chi connectivity index (χ2v) is 6.48. The predicted molar refractivity (Wildman–Crippen MR) is 70.3 cm³/mol. The molecular formula is C13H14N2O4S. The first-order valence-corrected chi connectivity index (χ1v) is 7.63. The van der Waals surface area contributed by atoms with Gasteiger partial charge in [0, 0.05) is 12.6 Å². The molecule has 1 aliphatic heterocycles. The zero-order valence-electron chi connectivity index (χ0n) is 10.7. The topological polar surface area (TPSA) is 98.5 Å². The van der Waals surface area contributed by atoms with Gasteiger partial charge < -0.3 is 5.11 Å². The van der Waals surface area contributed by atoms with Gasteiger partial charge in [0.15, 0.2) is 0 Å². The van der Waals surface area contributed by atoms with Crippen molar-refractivity contribution in [1.29, 1.82) is 5.26 Å². The third kappa shape index (κ3) is 2.66. The number of rotatable bonds is 4. The number of aliphatic carboxylic acids is 1. The van der Waals surface area contributed by atoms with Crippen LogP contribution in [0.15, 0.2) is 29.2 Å². The summed E-state index contributed by atoms with van der Waals surface area (Å²) < 4.78 is 26.4. The van der Waals surface area contributed by atoms with Crippen LogP contribution in [0.5, 0.6) is 0 Å². The van der Waals surface area contributed by atoms with Crippen molar-refractivity contribution >= 4 is 16.0 Å². The predicted octanol–water partition coefficient (Wildman–Crippen LogP) is 1.19. The fourth-order valence-corrected chi connectivity index (χ4v) is 4.28. The summed E-state index contributed by atoms with van der Waals surface area (Å²) in [6, 6.07) is 7.28. The van der Waals surface area contributed by atoms with Gasteiger partial charge in [-0.15, -0.1) is 0 Å². The molecule has 0 saturated carbocycles. The van der Waals surface area contributed by atoms with E-state index >= 15 is 0 Å². The van der Waals surface area contributed by atoms with E-state index in [1.807, 2.05) is 6.07 Å². The Morgan fingerprint density at radius 1 is 1.45 bits per heavy atom. The number of carbonyl (C=O) groups is 1. The van der Waals surface area contributed by atoms with E-state index in [2.05, 4.69) is 0 Å². The van der Waals surface area contributed by atoms with Crippen molar-refractivity contribution in [2.75, 3.05) is 6.54 Å². The van der Waals surface area contributed by atoms with Crippen LogP contribution in [0, 0.1) is 11.3 Å². The van der Waals surface area contributed by atoms with Gasteiger partial charge >= 0.3 is 5.97 Å². The number of nitrogens with zero attached hydrogens (tertiary/aromatic N) is 2. The summed E-state index contributed by atoms with van der Waals surface area (Å²) in [4.78, 5) is 10.8. The van der Waals surface area contributed by atoms with Gasteiger partial charge in [0.1, 0.15) is 6.07 Å². The van der Waals surface area contributed by atoms with E-state index in [1.54, 1.807) is 12.1 Å². The zero-order valence-corrected chi connectivity index (χ0v) is 11.5. The Morgan fingerprint density at radius 3 is 2.80 bits per heavy atom. The number of hydrogen-bond donors (Lipinski definition) is 1. The third-order valence-corrected chi connectivity index (χ3v) is 5.34. The van der Waals surface area contributed by atoms with Crippen LogP contribution < -0.4 is 0 Å². The Labute approximate surface area is 117 Å². The molecule has 20 heavy (non-hydrogen) atoms. The molecule has 1 aromatic rings. The van der Waals surface area contributed by atoms with E-state index in [0.717, 1.165) is 0 Å². The minimum Gasteiger partial charge on any atom is -0.481 e. The highest BCUT2D eigenvalue weighted by molar-refractivity contribution is 7.89. The molecule has 0 spiro atoms. The maximum Gasteiger partial charge on any atom is 0.304 e. The average Bonchev–Trinajstić information content (AvgIpc) is 2.86. The Morgan fingerprint density at radius 2 is 2.15 bits per heavy atom. The molecule has 1 fully saturated rings. The zero-order chi connectivity index (χ0) is 14.8. The first-order chi connectivity index (χ1) is 9.46. The highest BCUT2D eigenvalue weighted by Gasteiger charge is 2.37. The van der Waals surface area contributed by atoms with Gasteiger partial charge in [-0.1, -0.05) is 12.1 Å². The Kier molecular flexibility index (Phi) is 4.06. The summed E-state index contributed by atoms with van der Waals surface area (Å²) in [5.41, 5.74) is 0.0773. The summed E-state index contributed by atoms with van der Waals surface area (Å²) in [5, 5.41) is 17.9. The smallest absolute Gasteiger partial charge is 0.304 e. The third-order valence-electron chi connectivity index (χ3n) is 3.33. The highest BCUT2D eigenvalue weighted by Crippen LogP contribution is 2.29. The molecule has 6 nitrogen and oxygen atoms in total. The maximum atomic E-state index is 12.6. The van der Waals surface area contributed by atoms with Crippen LogP contribution in [-0.4, -0.2) is 36.4 Å². The van der Waals surface area contributed by atoms with Crippen LogP contribution >= 0.6 is 0 Å². The molecule has 0 aromatic heterocycles. The minimum atomic E-state index is -3.83. The number of hydrogen-bond acceptors (Lipinski definition) is 4. The standard InChI is InChI=1S/C13H14N2O4S/c14-9-10-4-1-2-6-12(10)20(18,19)15-7-3-5-11(15)8-13(16)17/h1-2,4,6,11H,3,5,7-8H2,(H,16,17). The molecule has 0 bridgehead atoms. The van der Waals surface area contributed by atoms with Crippen LogP contribution in [0.1, 0.15) is 24.8 Å². The lowest BCUT2D eigenvalue weighted by atomic mass is 10.2. The van der Waals surface area contributed by atoms with Crippen molar-refractivity contribution in [2.45, 2.75) is 30.2 Å². The van der Waals surface area contributed by atoms with Crippen molar-refractivity contribution in [2.24, 2.45) is 0 Å². The summed E-state index contributed by atoms with van der Waals surface area (Å²) in [6.45, 7) is 0.292. The average molecular weight is 294 g/mol. The Bertz CT molecular complexity index is 663. The molecular weight excluding hydrogens is 280 g/mol. The number of nitriles is 1. The number of carboxylic acid groups (broad SMARTS) is 1. The van der Waals surface area contributed by atoms with Gasteiger partial charge in [-0.3, -0.25) is 4.79 Å². The minimum absolute atomic E-state index is 0.0558. The van der Waals surface area contributed by atoms with Gasteiger partial charge in [0.25, 0.3) is 0 Å². The molecule has 106 valence electrons. The van der Waals surface area contributed by atoms with E-state index in [4.69, 9.17) is 10.4 Å². The fraction of sp³-hybridized carbons (Fsp3) is 0.385. The van der Waals surface area contributed by atoms with Crippen LogP contribution in [0.4, 0.5) is 0 Å². The van der Waals surface area contributed by atoms with Gasteiger partial charge in [-0.25, -0.2) is 8.42 Å². The molecule has 7 heteroatoms. The van der Waals surface area contributed by atoms with E-state index in [1.165, 1.54) is 16.4 Å². The van der Waals surface area contributed by atoms with Crippen LogP contribution in [0.2, 0.25) is 0 Å². The second kappa shape index (κ2) is 5.61. The van der Waals surface area contributed by atoms with Crippen molar-refractivity contribution in [3.63, 3.8) is 0 Å². The molecule has 1 heterocycles. The molecule has 0 radical (unpaired) electrons. The first kappa shape index (κ1) is 14.5. The fourth-order valence-electron chi connectivity index (χ4n) is 2.44. The van der Waals surface area contributed by atoms with Crippen molar-refractivity contribution < 1.29 is 18.3 Å². The molecule has 1 aliphatic rings. The van der Waals surface area contributed by atoms with E-state index < -0.39 is 22.0 Å². The van der Waals surface area contributed by atoms with Gasteiger partial charge in [0.05, 0.1) is 16.9 Å². The molecule has 1 N–H and O–H groups in total. The summed E-state index contributed by atoms with van der Waals surface area (Å²) >= 11 is 0. The molecule has 1 aromatic carbocycles. The molecule has 0 amide bonds. The lowest BCUT2D eigenvalue weighted by Crippen LogP contribution is -2.37. The van der Waals surface area contributed by atoms with E-state index in [0.29, 0.717) is 19.4 Å². The molecule has 1 unspecified atom stereocenters. The lowest BCUT2D eigenvalue weighted by molar-refractivity contribution is -0.137. The van der Waals surface area contributed by atoms with Crippen molar-refractivity contribution in [1.82, 2.24) is 4.31 Å². The van der Waals surface area contributed by atoms with Crippen LogP contribution in [0.25, 0.3) is 0 Å². The maximum absolute atomic E-state index is 12.6. The summed E-state index contributed by atoms with van der Waals surface area (Å²) in [7, 11) is -3.83. The van der Waals surface area contributed by atoms with Crippen molar-refractivity contribution in [3.8, 4) is 6.07 Å². The largest absolute Gasteiger partial charge is 0.481 e. The van der Waals surface area contributed by atoms with Gasteiger partial charge in [-0.05, 0) is 25.0 Å². The van der Waals surface area contributed by atoms with Crippen LogP contribution in [0.3, 0.4) is 0 Å². The molecule has 2 rings (SSSR count). The van der Waals surface area contributed by atoms with E-state index in [-0.39, 0.29) is 16.9 Å². The quantitative estimate of drug-likeness (QED) is 0.899. The monoisotopic (exact) mass is 294 g/mol.